The number of hydrogen-bond donors (Lipinski definition) is 2. The van der Waals surface area contributed by atoms with Crippen LogP contribution in [0.25, 0.3) is 0 Å². The van der Waals surface area contributed by atoms with E-state index < -0.39 is 10.0 Å². The summed E-state index contributed by atoms with van der Waals surface area (Å²) < 4.78 is 28.1. The number of rotatable bonds is 5. The highest BCUT2D eigenvalue weighted by Crippen LogP contribution is 2.29. The summed E-state index contributed by atoms with van der Waals surface area (Å²) in [5.74, 6) is 1.10. The summed E-state index contributed by atoms with van der Waals surface area (Å²) in [5.41, 5.74) is 0.588. The summed E-state index contributed by atoms with van der Waals surface area (Å²) >= 11 is 3.27. The fraction of sp³-hybridized carbons (Fsp3) is 0.600. The Balaban J connectivity index is 2.08. The smallest absolute Gasteiger partial charge is 0.241 e. The predicted molar refractivity (Wildman–Crippen MR) is 86.4 cm³/mol. The zero-order valence-electron chi connectivity index (χ0n) is 12.2. The summed E-state index contributed by atoms with van der Waals surface area (Å²) in [6, 6.07) is 4.87. The first-order valence-electron chi connectivity index (χ1n) is 7.31. The molecule has 0 amide bonds. The molecule has 0 aromatic heterocycles. The molecule has 1 saturated carbocycles. The van der Waals surface area contributed by atoms with Crippen molar-refractivity contribution in [2.45, 2.75) is 44.1 Å². The normalized spacial score (nSPS) is 23.2. The van der Waals surface area contributed by atoms with Crippen LogP contribution in [0.2, 0.25) is 0 Å². The van der Waals surface area contributed by atoms with Crippen molar-refractivity contribution >= 4 is 26.0 Å². The van der Waals surface area contributed by atoms with Crippen molar-refractivity contribution in [1.82, 2.24) is 4.72 Å². The Morgan fingerprint density at radius 1 is 1.38 bits per heavy atom. The van der Waals surface area contributed by atoms with Gasteiger partial charge in [-0.1, -0.05) is 25.8 Å². The maximum absolute atomic E-state index is 12.4. The quantitative estimate of drug-likeness (QED) is 0.830. The van der Waals surface area contributed by atoms with Crippen LogP contribution in [0.1, 0.15) is 38.2 Å². The van der Waals surface area contributed by atoms with E-state index in [0.29, 0.717) is 28.4 Å². The molecule has 0 saturated heterocycles. The summed E-state index contributed by atoms with van der Waals surface area (Å²) in [6.07, 6.45) is 4.59. The van der Waals surface area contributed by atoms with Gasteiger partial charge in [-0.2, -0.15) is 0 Å². The third kappa shape index (κ3) is 4.52. The van der Waals surface area contributed by atoms with Crippen molar-refractivity contribution in [3.05, 3.63) is 28.2 Å². The Morgan fingerprint density at radius 2 is 2.14 bits per heavy atom. The van der Waals surface area contributed by atoms with Crippen LogP contribution in [0.15, 0.2) is 27.6 Å². The van der Waals surface area contributed by atoms with Crippen molar-refractivity contribution < 1.29 is 13.5 Å². The molecule has 2 rings (SSSR count). The molecule has 0 radical (unpaired) electrons. The molecule has 2 atom stereocenters. The van der Waals surface area contributed by atoms with Crippen molar-refractivity contribution in [1.29, 1.82) is 0 Å². The monoisotopic (exact) mass is 375 g/mol. The minimum atomic E-state index is -3.55. The molecule has 1 aromatic rings. The predicted octanol–water partition coefficient (Wildman–Crippen LogP) is 3.05. The molecule has 0 aliphatic heterocycles. The average Bonchev–Trinajstić information content (AvgIpc) is 2.46. The van der Waals surface area contributed by atoms with E-state index in [9.17, 15) is 8.42 Å². The standard InChI is InChI=1S/C15H22BrNO3S/c1-11-3-2-4-12(7-11)9-17-21(19,20)15-8-13(10-18)5-6-14(15)16/h5-6,8,11-12,17-18H,2-4,7,9-10H2,1H3. The zero-order valence-corrected chi connectivity index (χ0v) is 14.6. The molecular weight excluding hydrogens is 354 g/mol. The highest BCUT2D eigenvalue weighted by atomic mass is 79.9. The van der Waals surface area contributed by atoms with E-state index in [0.717, 1.165) is 12.8 Å². The number of aliphatic hydroxyl groups excluding tert-OH is 1. The highest BCUT2D eigenvalue weighted by molar-refractivity contribution is 9.10. The number of aliphatic hydroxyl groups is 1. The topological polar surface area (TPSA) is 66.4 Å². The Labute approximate surface area is 135 Å². The van der Waals surface area contributed by atoms with E-state index in [-0.39, 0.29) is 11.5 Å². The lowest BCUT2D eigenvalue weighted by Crippen LogP contribution is -2.31. The first-order chi connectivity index (χ1) is 9.92. The lowest BCUT2D eigenvalue weighted by Gasteiger charge is -2.26. The Hall–Kier alpha value is -0.430. The third-order valence-electron chi connectivity index (χ3n) is 4.07. The van der Waals surface area contributed by atoms with Crippen molar-refractivity contribution in [2.75, 3.05) is 6.54 Å². The summed E-state index contributed by atoms with van der Waals surface area (Å²) in [6.45, 7) is 2.54. The van der Waals surface area contributed by atoms with Gasteiger partial charge in [-0.05, 0) is 58.3 Å². The SMILES string of the molecule is CC1CCCC(CNS(=O)(=O)c2cc(CO)ccc2Br)C1. The van der Waals surface area contributed by atoms with E-state index >= 15 is 0 Å². The van der Waals surface area contributed by atoms with Crippen LogP contribution in [-0.2, 0) is 16.6 Å². The lowest BCUT2D eigenvalue weighted by atomic mass is 9.83. The van der Waals surface area contributed by atoms with E-state index in [1.807, 2.05) is 0 Å². The maximum Gasteiger partial charge on any atom is 0.241 e. The van der Waals surface area contributed by atoms with Gasteiger partial charge in [0.25, 0.3) is 0 Å². The Kier molecular flexibility index (Phi) is 5.82. The van der Waals surface area contributed by atoms with E-state index in [2.05, 4.69) is 27.6 Å². The number of halogens is 1. The van der Waals surface area contributed by atoms with Gasteiger partial charge in [-0.25, -0.2) is 13.1 Å². The number of sulfonamides is 1. The fourth-order valence-corrected chi connectivity index (χ4v) is 5.03. The number of nitrogens with one attached hydrogen (secondary N) is 1. The van der Waals surface area contributed by atoms with Gasteiger partial charge in [-0.15, -0.1) is 0 Å². The minimum Gasteiger partial charge on any atom is -0.392 e. The summed E-state index contributed by atoms with van der Waals surface area (Å²) in [5, 5.41) is 9.15. The average molecular weight is 376 g/mol. The van der Waals surface area contributed by atoms with Gasteiger partial charge in [-0.3, -0.25) is 0 Å². The van der Waals surface area contributed by atoms with Gasteiger partial charge < -0.3 is 5.11 Å². The van der Waals surface area contributed by atoms with Crippen LogP contribution >= 0.6 is 15.9 Å². The van der Waals surface area contributed by atoms with Crippen molar-refractivity contribution in [2.24, 2.45) is 11.8 Å². The van der Waals surface area contributed by atoms with E-state index in [1.54, 1.807) is 12.1 Å². The Morgan fingerprint density at radius 3 is 2.81 bits per heavy atom. The fourth-order valence-electron chi connectivity index (χ4n) is 2.90. The number of benzene rings is 1. The number of hydrogen-bond acceptors (Lipinski definition) is 3. The van der Waals surface area contributed by atoms with Crippen LogP contribution in [-0.4, -0.2) is 20.1 Å². The van der Waals surface area contributed by atoms with Crippen LogP contribution in [0, 0.1) is 11.8 Å². The molecule has 0 bridgehead atoms. The molecule has 2 N–H and O–H groups in total. The Bertz CT molecular complexity index is 589. The molecule has 1 aliphatic rings. The first-order valence-corrected chi connectivity index (χ1v) is 9.59. The second-order valence-electron chi connectivity index (χ2n) is 5.91. The second-order valence-corrected chi connectivity index (χ2v) is 8.50. The molecule has 0 spiro atoms. The third-order valence-corrected chi connectivity index (χ3v) is 6.49. The largest absolute Gasteiger partial charge is 0.392 e. The molecule has 1 aliphatic carbocycles. The van der Waals surface area contributed by atoms with Crippen molar-refractivity contribution in [3.63, 3.8) is 0 Å². The molecule has 4 nitrogen and oxygen atoms in total. The van der Waals surface area contributed by atoms with Crippen LogP contribution in [0.4, 0.5) is 0 Å². The zero-order chi connectivity index (χ0) is 15.5. The van der Waals surface area contributed by atoms with Crippen LogP contribution < -0.4 is 4.72 Å². The van der Waals surface area contributed by atoms with Crippen molar-refractivity contribution in [3.8, 4) is 0 Å². The summed E-state index contributed by atoms with van der Waals surface area (Å²) in [7, 11) is -3.55. The highest BCUT2D eigenvalue weighted by Gasteiger charge is 2.23. The summed E-state index contributed by atoms with van der Waals surface area (Å²) in [4.78, 5) is 0.193. The van der Waals surface area contributed by atoms with Gasteiger partial charge in [0.05, 0.1) is 11.5 Å². The minimum absolute atomic E-state index is 0.171. The molecule has 2 unspecified atom stereocenters. The second kappa shape index (κ2) is 7.22. The maximum atomic E-state index is 12.4. The van der Waals surface area contributed by atoms with Crippen LogP contribution in [0.5, 0.6) is 0 Å². The van der Waals surface area contributed by atoms with E-state index in [1.165, 1.54) is 18.9 Å². The molecule has 21 heavy (non-hydrogen) atoms. The van der Waals surface area contributed by atoms with Gasteiger partial charge in [0, 0.05) is 11.0 Å². The van der Waals surface area contributed by atoms with Gasteiger partial charge in [0.2, 0.25) is 10.0 Å². The van der Waals surface area contributed by atoms with Gasteiger partial charge >= 0.3 is 0 Å². The molecule has 1 fully saturated rings. The molecule has 118 valence electrons. The van der Waals surface area contributed by atoms with Crippen LogP contribution in [0.3, 0.4) is 0 Å². The molecule has 1 aromatic carbocycles. The van der Waals surface area contributed by atoms with Gasteiger partial charge in [0.15, 0.2) is 0 Å². The molecular formula is C15H22BrNO3S. The van der Waals surface area contributed by atoms with Gasteiger partial charge in [0.1, 0.15) is 0 Å². The molecule has 6 heteroatoms. The molecule has 0 heterocycles. The lowest BCUT2D eigenvalue weighted by molar-refractivity contribution is 0.281. The van der Waals surface area contributed by atoms with E-state index in [4.69, 9.17) is 5.11 Å². The first kappa shape index (κ1) is 16.9.